The summed E-state index contributed by atoms with van der Waals surface area (Å²) in [6.45, 7) is 0.213. The van der Waals surface area contributed by atoms with E-state index < -0.39 is 23.1 Å². The third-order valence-electron chi connectivity index (χ3n) is 7.06. The van der Waals surface area contributed by atoms with Crippen LogP contribution in [0.25, 0.3) is 11.1 Å². The van der Waals surface area contributed by atoms with Gasteiger partial charge in [-0.25, -0.2) is 9.59 Å². The van der Waals surface area contributed by atoms with Crippen molar-refractivity contribution >= 4 is 18.0 Å². The van der Waals surface area contributed by atoms with Crippen LogP contribution in [0.5, 0.6) is 0 Å². The Bertz CT molecular complexity index is 1040. The molecule has 2 fully saturated rings. The van der Waals surface area contributed by atoms with E-state index in [2.05, 4.69) is 34.9 Å². The number of hydrogen-bond acceptors (Lipinski definition) is 4. The fourth-order valence-electron chi connectivity index (χ4n) is 4.89. The Balaban J connectivity index is 1.19. The smallest absolute Gasteiger partial charge is 0.407 e. The predicted molar refractivity (Wildman–Crippen MR) is 117 cm³/mol. The van der Waals surface area contributed by atoms with Crippen LogP contribution in [0.3, 0.4) is 0 Å². The molecule has 2 aromatic rings. The van der Waals surface area contributed by atoms with Gasteiger partial charge in [0.2, 0.25) is 5.91 Å². The lowest BCUT2D eigenvalue weighted by Gasteiger charge is -2.38. The Morgan fingerprint density at radius 1 is 0.906 bits per heavy atom. The summed E-state index contributed by atoms with van der Waals surface area (Å²) >= 11 is 0. The third-order valence-corrected chi connectivity index (χ3v) is 7.06. The second kappa shape index (κ2) is 7.65. The topological polar surface area (TPSA) is 105 Å². The van der Waals surface area contributed by atoms with E-state index in [1.807, 2.05) is 24.3 Å². The Hall–Kier alpha value is -3.35. The van der Waals surface area contributed by atoms with E-state index in [1.165, 1.54) is 0 Å². The lowest BCUT2D eigenvalue weighted by molar-refractivity contribution is -0.151. The van der Waals surface area contributed by atoms with Gasteiger partial charge >= 0.3 is 12.1 Å². The molecule has 0 spiro atoms. The minimum absolute atomic E-state index is 0.0272. The normalized spacial score (nSPS) is 19.1. The van der Waals surface area contributed by atoms with Crippen LogP contribution in [0.4, 0.5) is 4.79 Å². The van der Waals surface area contributed by atoms with Gasteiger partial charge in [-0.05, 0) is 54.4 Å². The number of hydrogen-bond donors (Lipinski definition) is 3. The zero-order valence-electron chi connectivity index (χ0n) is 17.7. The van der Waals surface area contributed by atoms with Gasteiger partial charge in [-0.15, -0.1) is 0 Å². The fraction of sp³-hybridized carbons (Fsp3) is 0.400. The standard InChI is InChI=1S/C25H26N2O5/c28-21(26-25(22(29)30)10-5-11-25)14-24(12-13-24)27-23(31)32-15-20-18-8-3-1-6-16(18)17-7-2-4-9-19(17)20/h1-4,6-9,20H,5,10-15H2,(H,26,28)(H,27,31)(H,29,30). The number of carboxylic acid groups (broad SMARTS) is 1. The molecule has 5 rings (SSSR count). The molecule has 0 saturated heterocycles. The summed E-state index contributed by atoms with van der Waals surface area (Å²) < 4.78 is 5.59. The van der Waals surface area contributed by atoms with Crippen molar-refractivity contribution in [2.24, 2.45) is 0 Å². The highest BCUT2D eigenvalue weighted by molar-refractivity contribution is 5.89. The monoisotopic (exact) mass is 434 g/mol. The molecular weight excluding hydrogens is 408 g/mol. The predicted octanol–water partition coefficient (Wildman–Crippen LogP) is 3.57. The van der Waals surface area contributed by atoms with Gasteiger partial charge in [0.25, 0.3) is 0 Å². The Labute approximate surface area is 186 Å². The highest BCUT2D eigenvalue weighted by Crippen LogP contribution is 2.45. The number of aliphatic carboxylic acids is 1. The highest BCUT2D eigenvalue weighted by atomic mass is 16.5. The first-order chi connectivity index (χ1) is 15.4. The second-order valence-corrected chi connectivity index (χ2v) is 9.20. The number of benzene rings is 2. The number of carboxylic acids is 1. The molecule has 0 unspecified atom stereocenters. The zero-order chi connectivity index (χ0) is 22.3. The second-order valence-electron chi connectivity index (χ2n) is 9.20. The maximum absolute atomic E-state index is 12.6. The van der Waals surface area contributed by atoms with Crippen molar-refractivity contribution in [1.29, 1.82) is 0 Å². The Morgan fingerprint density at radius 3 is 2.00 bits per heavy atom. The zero-order valence-corrected chi connectivity index (χ0v) is 17.7. The largest absolute Gasteiger partial charge is 0.480 e. The summed E-state index contributed by atoms with van der Waals surface area (Å²) in [4.78, 5) is 36.5. The van der Waals surface area contributed by atoms with E-state index in [4.69, 9.17) is 4.74 Å². The molecule has 2 saturated carbocycles. The Morgan fingerprint density at radius 2 is 1.50 bits per heavy atom. The van der Waals surface area contributed by atoms with Crippen molar-refractivity contribution in [3.8, 4) is 11.1 Å². The van der Waals surface area contributed by atoms with Crippen molar-refractivity contribution in [3.63, 3.8) is 0 Å². The van der Waals surface area contributed by atoms with Gasteiger partial charge in [0.1, 0.15) is 12.1 Å². The van der Waals surface area contributed by atoms with E-state index in [9.17, 15) is 19.5 Å². The highest BCUT2D eigenvalue weighted by Gasteiger charge is 2.50. The molecule has 3 aliphatic carbocycles. The first kappa shape index (κ1) is 20.5. The summed E-state index contributed by atoms with van der Waals surface area (Å²) in [6, 6.07) is 16.3. The molecule has 7 heteroatoms. The molecule has 166 valence electrons. The molecule has 0 heterocycles. The van der Waals surface area contributed by atoms with Gasteiger partial charge in [0, 0.05) is 12.3 Å². The van der Waals surface area contributed by atoms with Crippen molar-refractivity contribution in [3.05, 3.63) is 59.7 Å². The quantitative estimate of drug-likeness (QED) is 0.618. The molecule has 0 bridgehead atoms. The minimum Gasteiger partial charge on any atom is -0.480 e. The molecule has 7 nitrogen and oxygen atoms in total. The number of amides is 2. The van der Waals surface area contributed by atoms with Gasteiger partial charge in [-0.3, -0.25) is 4.79 Å². The number of alkyl carbamates (subject to hydrolysis) is 1. The fourth-order valence-corrected chi connectivity index (χ4v) is 4.89. The minimum atomic E-state index is -1.14. The molecule has 2 amide bonds. The van der Waals surface area contributed by atoms with Gasteiger partial charge in [-0.1, -0.05) is 48.5 Å². The van der Waals surface area contributed by atoms with Crippen LogP contribution in [-0.4, -0.2) is 40.8 Å². The van der Waals surface area contributed by atoms with Gasteiger partial charge in [0.05, 0.1) is 5.54 Å². The van der Waals surface area contributed by atoms with E-state index in [0.717, 1.165) is 28.7 Å². The average Bonchev–Trinajstić information content (AvgIpc) is 3.41. The number of carbonyl (C=O) groups is 3. The van der Waals surface area contributed by atoms with Gasteiger partial charge in [0.15, 0.2) is 0 Å². The Kier molecular flexibility index (Phi) is 4.92. The molecule has 0 aliphatic heterocycles. The van der Waals surface area contributed by atoms with E-state index >= 15 is 0 Å². The van der Waals surface area contributed by atoms with E-state index in [-0.39, 0.29) is 24.9 Å². The SMILES string of the molecule is O=C(CC1(NC(=O)OCC2c3ccccc3-c3ccccc32)CC1)NC1(C(=O)O)CCC1. The van der Waals surface area contributed by atoms with Crippen LogP contribution in [0, 0.1) is 0 Å². The summed E-state index contributed by atoms with van der Waals surface area (Å²) in [6.07, 6.45) is 2.53. The van der Waals surface area contributed by atoms with Crippen LogP contribution in [0.1, 0.15) is 55.6 Å². The van der Waals surface area contributed by atoms with Crippen molar-refractivity contribution in [2.75, 3.05) is 6.61 Å². The van der Waals surface area contributed by atoms with E-state index in [1.54, 1.807) is 0 Å². The van der Waals surface area contributed by atoms with Crippen LogP contribution in [0.15, 0.2) is 48.5 Å². The third kappa shape index (κ3) is 3.61. The van der Waals surface area contributed by atoms with E-state index in [0.29, 0.717) is 25.7 Å². The molecule has 32 heavy (non-hydrogen) atoms. The number of nitrogens with one attached hydrogen (secondary N) is 2. The first-order valence-corrected chi connectivity index (χ1v) is 11.1. The number of carbonyl (C=O) groups excluding carboxylic acids is 2. The molecule has 3 aliphatic rings. The molecular formula is C25H26N2O5. The summed E-state index contributed by atoms with van der Waals surface area (Å²) in [5, 5.41) is 14.9. The first-order valence-electron chi connectivity index (χ1n) is 11.1. The van der Waals surface area contributed by atoms with Crippen LogP contribution in [-0.2, 0) is 14.3 Å². The lowest BCUT2D eigenvalue weighted by atomic mass is 9.76. The molecule has 0 radical (unpaired) electrons. The maximum Gasteiger partial charge on any atom is 0.407 e. The van der Waals surface area contributed by atoms with Crippen molar-refractivity contribution < 1.29 is 24.2 Å². The average molecular weight is 434 g/mol. The summed E-state index contributed by atoms with van der Waals surface area (Å²) in [5.74, 6) is -1.37. The molecule has 3 N–H and O–H groups in total. The summed E-state index contributed by atoms with van der Waals surface area (Å²) in [7, 11) is 0. The molecule has 0 atom stereocenters. The van der Waals surface area contributed by atoms with Crippen molar-refractivity contribution in [1.82, 2.24) is 10.6 Å². The van der Waals surface area contributed by atoms with Gasteiger partial charge in [-0.2, -0.15) is 0 Å². The van der Waals surface area contributed by atoms with Gasteiger partial charge < -0.3 is 20.5 Å². The molecule has 0 aromatic heterocycles. The number of ether oxygens (including phenoxy) is 1. The number of rotatable bonds is 7. The van der Waals surface area contributed by atoms with Crippen LogP contribution in [0.2, 0.25) is 0 Å². The van der Waals surface area contributed by atoms with Crippen molar-refractivity contribution in [2.45, 2.75) is 55.5 Å². The maximum atomic E-state index is 12.6. The molecule has 2 aromatic carbocycles. The van der Waals surface area contributed by atoms with Crippen LogP contribution >= 0.6 is 0 Å². The number of fused-ring (bicyclic) bond motifs is 3. The van der Waals surface area contributed by atoms with Crippen LogP contribution < -0.4 is 10.6 Å². The summed E-state index contributed by atoms with van der Waals surface area (Å²) in [5.41, 5.74) is 2.82. The lowest BCUT2D eigenvalue weighted by Crippen LogP contribution is -2.60.